The molecule has 0 spiro atoms. The number of carbonyl (C=O) groups is 1. The Kier molecular flexibility index (Phi) is 3.82. The number of hydrogen-bond acceptors (Lipinski definition) is 3. The van der Waals surface area contributed by atoms with Gasteiger partial charge in [0.1, 0.15) is 11.9 Å². The van der Waals surface area contributed by atoms with Crippen LogP contribution in [0.1, 0.15) is 43.2 Å². The van der Waals surface area contributed by atoms with Crippen LogP contribution in [0.5, 0.6) is 0 Å². The van der Waals surface area contributed by atoms with Crippen LogP contribution in [0, 0.1) is 5.92 Å². The van der Waals surface area contributed by atoms with Crippen molar-refractivity contribution in [3.05, 3.63) is 17.7 Å². The number of thioether (sulfide) groups is 1. The largest absolute Gasteiger partial charge is 0.480 e. The predicted molar refractivity (Wildman–Crippen MR) is 75.6 cm³/mol. The average Bonchev–Trinajstić information content (AvgIpc) is 2.83. The first-order valence-corrected chi connectivity index (χ1v) is 8.26. The Balaban J connectivity index is 1.82. The lowest BCUT2D eigenvalue weighted by molar-refractivity contribution is -0.141. The molecule has 2 aliphatic rings. The number of aromatic nitrogens is 2. The zero-order valence-electron chi connectivity index (χ0n) is 11.0. The summed E-state index contributed by atoms with van der Waals surface area (Å²) in [6, 6.07) is -0.390. The van der Waals surface area contributed by atoms with E-state index in [0.29, 0.717) is 5.92 Å². The highest BCUT2D eigenvalue weighted by molar-refractivity contribution is 7.99. The smallest absolute Gasteiger partial charge is 0.326 e. The molecule has 3 heterocycles. The van der Waals surface area contributed by atoms with Gasteiger partial charge in [0.05, 0.1) is 0 Å². The third kappa shape index (κ3) is 2.66. The summed E-state index contributed by atoms with van der Waals surface area (Å²) in [4.78, 5) is 15.9. The van der Waals surface area contributed by atoms with Gasteiger partial charge in [0.25, 0.3) is 0 Å². The van der Waals surface area contributed by atoms with Crippen LogP contribution in [0.25, 0.3) is 0 Å². The quantitative estimate of drug-likeness (QED) is 0.924. The van der Waals surface area contributed by atoms with E-state index in [1.807, 2.05) is 22.5 Å². The van der Waals surface area contributed by atoms with E-state index < -0.39 is 5.97 Å². The first kappa shape index (κ1) is 13.0. The monoisotopic (exact) mass is 280 g/mol. The van der Waals surface area contributed by atoms with E-state index in [9.17, 15) is 9.90 Å². The molecule has 2 aliphatic heterocycles. The molecule has 1 unspecified atom stereocenters. The highest BCUT2D eigenvalue weighted by Gasteiger charge is 2.29. The summed E-state index contributed by atoms with van der Waals surface area (Å²) in [6.07, 6.45) is 7.99. The average molecular weight is 280 g/mol. The fourth-order valence-corrected chi connectivity index (χ4v) is 4.41. The summed E-state index contributed by atoms with van der Waals surface area (Å²) in [7, 11) is 0. The SMILES string of the molecule is O=C(O)C1CCCc2cnc(CC3CCSCC3)n21. The molecule has 19 heavy (non-hydrogen) atoms. The van der Waals surface area contributed by atoms with Gasteiger partial charge in [0, 0.05) is 18.3 Å². The summed E-state index contributed by atoms with van der Waals surface area (Å²) in [5, 5.41) is 9.38. The zero-order valence-corrected chi connectivity index (χ0v) is 11.9. The maximum Gasteiger partial charge on any atom is 0.326 e. The molecule has 1 atom stereocenters. The van der Waals surface area contributed by atoms with Crippen molar-refractivity contribution in [3.63, 3.8) is 0 Å². The Hall–Kier alpha value is -0.970. The van der Waals surface area contributed by atoms with Crippen molar-refractivity contribution in [3.8, 4) is 0 Å². The summed E-state index contributed by atoms with van der Waals surface area (Å²) >= 11 is 2.02. The van der Waals surface area contributed by atoms with Gasteiger partial charge in [-0.3, -0.25) is 0 Å². The fraction of sp³-hybridized carbons (Fsp3) is 0.714. The van der Waals surface area contributed by atoms with E-state index in [2.05, 4.69) is 4.98 Å². The second kappa shape index (κ2) is 5.57. The van der Waals surface area contributed by atoms with E-state index in [1.54, 1.807) is 0 Å². The molecule has 5 heteroatoms. The normalized spacial score (nSPS) is 24.1. The van der Waals surface area contributed by atoms with Gasteiger partial charge in [-0.2, -0.15) is 11.8 Å². The number of carboxylic acid groups (broad SMARTS) is 1. The number of nitrogens with zero attached hydrogens (tertiary/aromatic N) is 2. The number of hydrogen-bond donors (Lipinski definition) is 1. The Labute approximate surface area is 117 Å². The van der Waals surface area contributed by atoms with Crippen molar-refractivity contribution in [2.24, 2.45) is 5.92 Å². The van der Waals surface area contributed by atoms with Crippen LogP contribution in [0.3, 0.4) is 0 Å². The number of aryl methyl sites for hydroxylation is 1. The van der Waals surface area contributed by atoms with Crippen LogP contribution < -0.4 is 0 Å². The van der Waals surface area contributed by atoms with Gasteiger partial charge in [0.15, 0.2) is 0 Å². The molecule has 1 aromatic heterocycles. The molecule has 0 saturated carbocycles. The Morgan fingerprint density at radius 2 is 2.21 bits per heavy atom. The van der Waals surface area contributed by atoms with Gasteiger partial charge in [-0.15, -0.1) is 0 Å². The highest BCUT2D eigenvalue weighted by Crippen LogP contribution is 2.30. The van der Waals surface area contributed by atoms with E-state index >= 15 is 0 Å². The molecule has 1 N–H and O–H groups in total. The molecule has 0 aliphatic carbocycles. The minimum atomic E-state index is -0.709. The molecule has 0 amide bonds. The Morgan fingerprint density at radius 1 is 1.42 bits per heavy atom. The molecule has 104 valence electrons. The Bertz CT molecular complexity index is 466. The number of imidazole rings is 1. The first-order valence-electron chi connectivity index (χ1n) is 7.11. The zero-order chi connectivity index (χ0) is 13.2. The van der Waals surface area contributed by atoms with Crippen molar-refractivity contribution >= 4 is 17.7 Å². The molecular formula is C14H20N2O2S. The second-order valence-corrected chi connectivity index (χ2v) is 6.77. The topological polar surface area (TPSA) is 55.1 Å². The summed E-state index contributed by atoms with van der Waals surface area (Å²) in [6.45, 7) is 0. The van der Waals surface area contributed by atoms with Crippen molar-refractivity contribution in [1.29, 1.82) is 0 Å². The summed E-state index contributed by atoms with van der Waals surface area (Å²) in [5.74, 6) is 3.45. The van der Waals surface area contributed by atoms with Crippen LogP contribution in [-0.4, -0.2) is 32.1 Å². The summed E-state index contributed by atoms with van der Waals surface area (Å²) in [5.41, 5.74) is 1.11. The third-order valence-corrected chi connectivity index (χ3v) is 5.32. The van der Waals surface area contributed by atoms with Crippen LogP contribution in [0.15, 0.2) is 6.20 Å². The first-order chi connectivity index (χ1) is 9.25. The minimum Gasteiger partial charge on any atom is -0.480 e. The molecule has 1 fully saturated rings. The van der Waals surface area contributed by atoms with Gasteiger partial charge in [-0.1, -0.05) is 0 Å². The summed E-state index contributed by atoms with van der Waals surface area (Å²) < 4.78 is 2.01. The van der Waals surface area contributed by atoms with Gasteiger partial charge in [-0.05, 0) is 49.5 Å². The third-order valence-electron chi connectivity index (χ3n) is 4.27. The van der Waals surface area contributed by atoms with E-state index in [1.165, 1.54) is 24.3 Å². The molecule has 1 aromatic rings. The molecule has 0 bridgehead atoms. The fourth-order valence-electron chi connectivity index (χ4n) is 3.20. The molecule has 0 radical (unpaired) electrons. The molecule has 1 saturated heterocycles. The minimum absolute atomic E-state index is 0.390. The van der Waals surface area contributed by atoms with Gasteiger partial charge in [-0.25, -0.2) is 9.78 Å². The maximum atomic E-state index is 11.4. The van der Waals surface area contributed by atoms with E-state index in [-0.39, 0.29) is 6.04 Å². The molecule has 3 rings (SSSR count). The van der Waals surface area contributed by atoms with Crippen LogP contribution in [0.2, 0.25) is 0 Å². The number of fused-ring (bicyclic) bond motifs is 1. The highest BCUT2D eigenvalue weighted by atomic mass is 32.2. The number of rotatable bonds is 3. The van der Waals surface area contributed by atoms with Crippen molar-refractivity contribution in [2.45, 2.75) is 44.6 Å². The van der Waals surface area contributed by atoms with Crippen molar-refractivity contribution in [2.75, 3.05) is 11.5 Å². The molecule has 0 aromatic carbocycles. The maximum absolute atomic E-state index is 11.4. The van der Waals surface area contributed by atoms with Gasteiger partial charge in [0.2, 0.25) is 0 Å². The Morgan fingerprint density at radius 3 is 2.95 bits per heavy atom. The van der Waals surface area contributed by atoms with Crippen LogP contribution in [-0.2, 0) is 17.6 Å². The van der Waals surface area contributed by atoms with E-state index in [4.69, 9.17) is 0 Å². The van der Waals surface area contributed by atoms with Crippen molar-refractivity contribution in [1.82, 2.24) is 9.55 Å². The number of aliphatic carboxylic acids is 1. The number of carboxylic acids is 1. The van der Waals surface area contributed by atoms with Gasteiger partial charge < -0.3 is 9.67 Å². The van der Waals surface area contributed by atoms with Crippen molar-refractivity contribution < 1.29 is 9.90 Å². The van der Waals surface area contributed by atoms with Gasteiger partial charge >= 0.3 is 5.97 Å². The second-order valence-electron chi connectivity index (χ2n) is 5.54. The lowest BCUT2D eigenvalue weighted by atomic mass is 9.97. The molecule has 4 nitrogen and oxygen atoms in total. The van der Waals surface area contributed by atoms with Crippen LogP contribution in [0.4, 0.5) is 0 Å². The lowest BCUT2D eigenvalue weighted by Gasteiger charge is -2.26. The van der Waals surface area contributed by atoms with Crippen LogP contribution >= 0.6 is 11.8 Å². The predicted octanol–water partition coefficient (Wildman–Crippen LogP) is 2.53. The molecular weight excluding hydrogens is 260 g/mol. The lowest BCUT2D eigenvalue weighted by Crippen LogP contribution is -2.27. The standard InChI is InChI=1S/C14H20N2O2S/c17-14(18)12-3-1-2-11-9-15-13(16(11)12)8-10-4-6-19-7-5-10/h9-10,12H,1-8H2,(H,17,18). The van der Waals surface area contributed by atoms with E-state index in [0.717, 1.165) is 37.2 Å².